The summed E-state index contributed by atoms with van der Waals surface area (Å²) in [5.41, 5.74) is 0.863. The van der Waals surface area contributed by atoms with E-state index < -0.39 is 0 Å². The number of hydrogen-bond donors (Lipinski definition) is 0. The molecule has 0 radical (unpaired) electrons. The molecule has 3 rings (SSSR count). The molecule has 3 aromatic carbocycles. The van der Waals surface area contributed by atoms with Crippen molar-refractivity contribution in [3.63, 3.8) is 0 Å². The van der Waals surface area contributed by atoms with Crippen LogP contribution in [0.4, 0.5) is 0 Å². The molecule has 0 aliphatic heterocycles. The van der Waals surface area contributed by atoms with E-state index in [-0.39, 0.29) is 0 Å². The van der Waals surface area contributed by atoms with Crippen molar-refractivity contribution in [2.75, 3.05) is 0 Å². The Kier molecular flexibility index (Phi) is 2.22. The molecule has 0 unspecified atom stereocenters. The first-order chi connectivity index (χ1) is 8.83. The summed E-state index contributed by atoms with van der Waals surface area (Å²) < 4.78 is 0. The molecule has 0 aromatic heterocycles. The van der Waals surface area contributed by atoms with E-state index >= 15 is 0 Å². The number of nitriles is 2. The van der Waals surface area contributed by atoms with Crippen molar-refractivity contribution in [2.45, 2.75) is 0 Å². The Hall–Kier alpha value is -2.84. The zero-order valence-electron chi connectivity index (χ0n) is 9.51. The molecule has 0 saturated heterocycles. The normalized spacial score (nSPS) is 10.1. The van der Waals surface area contributed by atoms with E-state index in [1.54, 1.807) is 12.1 Å². The first kappa shape index (κ1) is 10.3. The number of nitrogens with zero attached hydrogens (tertiary/aromatic N) is 2. The van der Waals surface area contributed by atoms with Crippen LogP contribution >= 0.6 is 0 Å². The summed E-state index contributed by atoms with van der Waals surface area (Å²) in [6, 6.07) is 19.8. The van der Waals surface area contributed by atoms with Gasteiger partial charge in [0.1, 0.15) is 12.1 Å². The number of benzene rings is 3. The van der Waals surface area contributed by atoms with Crippen LogP contribution in [0.3, 0.4) is 0 Å². The fourth-order valence-electron chi connectivity index (χ4n) is 2.24. The third-order valence-corrected chi connectivity index (χ3v) is 3.12. The van der Waals surface area contributed by atoms with E-state index in [4.69, 9.17) is 10.5 Å². The van der Waals surface area contributed by atoms with Gasteiger partial charge in [-0.3, -0.25) is 0 Å². The molecule has 0 aliphatic rings. The van der Waals surface area contributed by atoms with Crippen LogP contribution in [0, 0.1) is 22.7 Å². The summed E-state index contributed by atoms with van der Waals surface area (Å²) >= 11 is 0. The van der Waals surface area contributed by atoms with Gasteiger partial charge in [0, 0.05) is 0 Å². The Morgan fingerprint density at radius 3 is 2.11 bits per heavy atom. The van der Waals surface area contributed by atoms with Crippen molar-refractivity contribution in [2.24, 2.45) is 0 Å². The summed E-state index contributed by atoms with van der Waals surface area (Å²) in [6.07, 6.45) is 0. The molecular weight excluding hydrogens is 220 g/mol. The van der Waals surface area contributed by atoms with Crippen LogP contribution < -0.4 is 0 Å². The molecule has 0 N–H and O–H groups in total. The first-order valence-corrected chi connectivity index (χ1v) is 5.59. The number of fused-ring (bicyclic) bond motifs is 3. The summed E-state index contributed by atoms with van der Waals surface area (Å²) in [4.78, 5) is 0. The van der Waals surface area contributed by atoms with Gasteiger partial charge in [0.15, 0.2) is 0 Å². The van der Waals surface area contributed by atoms with E-state index in [9.17, 15) is 0 Å². The summed E-state index contributed by atoms with van der Waals surface area (Å²) in [5.74, 6) is 0. The van der Waals surface area contributed by atoms with Gasteiger partial charge < -0.3 is 0 Å². The van der Waals surface area contributed by atoms with Gasteiger partial charge in [-0.2, -0.15) is 10.5 Å². The molecular formula is C16H8N2. The highest BCUT2D eigenvalue weighted by Gasteiger charge is 2.06. The van der Waals surface area contributed by atoms with Crippen molar-refractivity contribution in [1.82, 2.24) is 0 Å². The minimum atomic E-state index is 0.431. The number of hydrogen-bond acceptors (Lipinski definition) is 2. The second-order valence-corrected chi connectivity index (χ2v) is 4.13. The van der Waals surface area contributed by atoms with Crippen LogP contribution in [0.5, 0.6) is 0 Å². The quantitative estimate of drug-likeness (QED) is 0.550. The lowest BCUT2D eigenvalue weighted by molar-refractivity contribution is 1.45. The highest BCUT2D eigenvalue weighted by molar-refractivity contribution is 6.08. The molecule has 0 bridgehead atoms. The largest absolute Gasteiger partial charge is 0.192 e. The fourth-order valence-corrected chi connectivity index (χ4v) is 2.24. The van der Waals surface area contributed by atoms with Gasteiger partial charge in [-0.15, -0.1) is 0 Å². The van der Waals surface area contributed by atoms with Crippen LogP contribution in [0.25, 0.3) is 21.5 Å². The minimum absolute atomic E-state index is 0.431. The van der Waals surface area contributed by atoms with Crippen molar-refractivity contribution in [3.05, 3.63) is 59.7 Å². The van der Waals surface area contributed by atoms with Gasteiger partial charge in [-0.25, -0.2) is 0 Å². The molecule has 0 aliphatic carbocycles. The van der Waals surface area contributed by atoms with Gasteiger partial charge in [0.25, 0.3) is 0 Å². The smallest absolute Gasteiger partial charge is 0.101 e. The lowest BCUT2D eigenvalue weighted by Crippen LogP contribution is -1.85. The minimum Gasteiger partial charge on any atom is -0.192 e. The lowest BCUT2D eigenvalue weighted by Gasteiger charge is -2.05. The Morgan fingerprint density at radius 1 is 0.667 bits per heavy atom. The van der Waals surface area contributed by atoms with Gasteiger partial charge >= 0.3 is 0 Å². The predicted molar refractivity (Wildman–Crippen MR) is 70.9 cm³/mol. The highest BCUT2D eigenvalue weighted by atomic mass is 14.3. The summed E-state index contributed by atoms with van der Waals surface area (Å²) in [7, 11) is 0. The zero-order valence-corrected chi connectivity index (χ0v) is 9.51. The predicted octanol–water partition coefficient (Wildman–Crippen LogP) is 3.74. The van der Waals surface area contributed by atoms with Crippen LogP contribution in [0.2, 0.25) is 0 Å². The molecule has 0 amide bonds. The molecule has 0 saturated carbocycles. The molecule has 2 nitrogen and oxygen atoms in total. The maximum absolute atomic E-state index is 9.08. The van der Waals surface area contributed by atoms with Gasteiger partial charge in [-0.05, 0) is 33.7 Å². The van der Waals surface area contributed by atoms with E-state index in [2.05, 4.69) is 12.1 Å². The molecule has 0 spiro atoms. The van der Waals surface area contributed by atoms with E-state index in [1.165, 1.54) is 0 Å². The van der Waals surface area contributed by atoms with Crippen molar-refractivity contribution in [3.8, 4) is 12.1 Å². The molecule has 0 fully saturated rings. The molecule has 0 heterocycles. The Bertz CT molecular complexity index is 848. The second kappa shape index (κ2) is 3.87. The highest BCUT2D eigenvalue weighted by Crippen LogP contribution is 2.27. The van der Waals surface area contributed by atoms with Crippen LogP contribution in [-0.4, -0.2) is 0 Å². The summed E-state index contributed by atoms with van der Waals surface area (Å²) in [6.45, 7) is 0. The van der Waals surface area contributed by atoms with Crippen LogP contribution in [0.15, 0.2) is 48.5 Å². The van der Waals surface area contributed by atoms with Crippen molar-refractivity contribution in [1.29, 1.82) is 10.5 Å². The topological polar surface area (TPSA) is 47.6 Å². The van der Waals surface area contributed by atoms with Crippen molar-refractivity contribution >= 4 is 21.5 Å². The molecule has 18 heavy (non-hydrogen) atoms. The Balaban J connectivity index is 2.53. The van der Waals surface area contributed by atoms with Gasteiger partial charge in [0.2, 0.25) is 0 Å². The van der Waals surface area contributed by atoms with Crippen molar-refractivity contribution < 1.29 is 0 Å². The van der Waals surface area contributed by atoms with Gasteiger partial charge in [0.05, 0.1) is 11.1 Å². The van der Waals surface area contributed by atoms with Crippen LogP contribution in [-0.2, 0) is 0 Å². The first-order valence-electron chi connectivity index (χ1n) is 5.59. The molecule has 82 valence electrons. The molecule has 0 atom stereocenters. The standard InChI is InChI=1S/C16H8N2/c17-9-13-7-12-6-5-11-3-1-2-4-15(11)16(12)8-14(13)10-18/h1-8H. The van der Waals surface area contributed by atoms with Crippen LogP contribution in [0.1, 0.15) is 11.1 Å². The average Bonchev–Trinajstić information content (AvgIpc) is 2.45. The maximum Gasteiger partial charge on any atom is 0.101 e. The van der Waals surface area contributed by atoms with E-state index in [0.717, 1.165) is 21.5 Å². The lowest BCUT2D eigenvalue weighted by atomic mass is 9.97. The average molecular weight is 228 g/mol. The Labute approximate surface area is 104 Å². The molecule has 3 aromatic rings. The Morgan fingerprint density at radius 2 is 1.33 bits per heavy atom. The number of rotatable bonds is 0. The monoisotopic (exact) mass is 228 g/mol. The SMILES string of the molecule is N#Cc1cc2ccc3ccccc3c2cc1C#N. The summed E-state index contributed by atoms with van der Waals surface area (Å²) in [5, 5.41) is 22.4. The zero-order chi connectivity index (χ0) is 12.5. The fraction of sp³-hybridized carbons (Fsp3) is 0. The third-order valence-electron chi connectivity index (χ3n) is 3.12. The van der Waals surface area contributed by atoms with E-state index in [1.807, 2.05) is 36.4 Å². The van der Waals surface area contributed by atoms with E-state index in [0.29, 0.717) is 11.1 Å². The molecule has 2 heteroatoms. The van der Waals surface area contributed by atoms with Gasteiger partial charge in [-0.1, -0.05) is 36.4 Å². The maximum atomic E-state index is 9.08. The third kappa shape index (κ3) is 1.41. The second-order valence-electron chi connectivity index (χ2n) is 4.13.